The highest BCUT2D eigenvalue weighted by Gasteiger charge is 2.11. The number of Topliss-reactive ketones (excluding diaryl/α,β-unsaturated/α-hetero) is 1. The van der Waals surface area contributed by atoms with Crippen LogP contribution < -0.4 is 0 Å². The van der Waals surface area contributed by atoms with Gasteiger partial charge in [-0.1, -0.05) is 30.3 Å². The summed E-state index contributed by atoms with van der Waals surface area (Å²) in [6, 6.07) is 11.1. The maximum Gasteiger partial charge on any atom is 0.252 e. The summed E-state index contributed by atoms with van der Waals surface area (Å²) >= 11 is 0. The van der Waals surface area contributed by atoms with Gasteiger partial charge in [-0.25, -0.2) is 9.50 Å². The molecule has 0 fully saturated rings. The molecule has 1 aromatic carbocycles. The van der Waals surface area contributed by atoms with Gasteiger partial charge in [0, 0.05) is 11.3 Å². The standard InChI is InChI=1S/C14H12N4O/c1-10-7-12(18-14(17-10)15-9-16-18)8-13(19)11-5-3-2-4-6-11/h2-7,9H,8H2,1H3. The topological polar surface area (TPSA) is 60.2 Å². The molecule has 0 bridgehead atoms. The molecular formula is C14H12N4O. The highest BCUT2D eigenvalue weighted by atomic mass is 16.1. The van der Waals surface area contributed by atoms with Crippen molar-refractivity contribution in [3.05, 3.63) is 59.7 Å². The van der Waals surface area contributed by atoms with Crippen molar-refractivity contribution in [3.8, 4) is 0 Å². The number of rotatable bonds is 3. The van der Waals surface area contributed by atoms with Crippen LogP contribution in [0.1, 0.15) is 21.7 Å². The quantitative estimate of drug-likeness (QED) is 0.667. The van der Waals surface area contributed by atoms with E-state index in [1.165, 1.54) is 6.33 Å². The van der Waals surface area contributed by atoms with E-state index >= 15 is 0 Å². The van der Waals surface area contributed by atoms with E-state index in [1.54, 1.807) is 4.52 Å². The van der Waals surface area contributed by atoms with Crippen LogP contribution in [-0.4, -0.2) is 25.4 Å². The van der Waals surface area contributed by atoms with E-state index in [0.29, 0.717) is 11.3 Å². The molecular weight excluding hydrogens is 240 g/mol. The molecule has 5 nitrogen and oxygen atoms in total. The lowest BCUT2D eigenvalue weighted by molar-refractivity contribution is 0.0991. The van der Waals surface area contributed by atoms with Crippen LogP contribution in [0.4, 0.5) is 0 Å². The zero-order valence-electron chi connectivity index (χ0n) is 10.4. The molecule has 0 radical (unpaired) electrons. The van der Waals surface area contributed by atoms with Crippen molar-refractivity contribution in [2.45, 2.75) is 13.3 Å². The highest BCUT2D eigenvalue weighted by molar-refractivity contribution is 5.97. The second-order valence-electron chi connectivity index (χ2n) is 4.33. The Kier molecular flexibility index (Phi) is 2.79. The lowest BCUT2D eigenvalue weighted by atomic mass is 10.1. The van der Waals surface area contributed by atoms with E-state index in [0.717, 1.165) is 11.4 Å². The largest absolute Gasteiger partial charge is 0.294 e. The molecule has 19 heavy (non-hydrogen) atoms. The van der Waals surface area contributed by atoms with Crippen molar-refractivity contribution in [1.29, 1.82) is 0 Å². The summed E-state index contributed by atoms with van der Waals surface area (Å²) in [6.07, 6.45) is 1.73. The summed E-state index contributed by atoms with van der Waals surface area (Å²) in [5.74, 6) is 0.582. The van der Waals surface area contributed by atoms with Gasteiger partial charge in [-0.15, -0.1) is 0 Å². The normalized spacial score (nSPS) is 10.8. The third-order valence-corrected chi connectivity index (χ3v) is 2.89. The molecule has 0 aliphatic rings. The van der Waals surface area contributed by atoms with E-state index < -0.39 is 0 Å². The van der Waals surface area contributed by atoms with E-state index in [9.17, 15) is 4.79 Å². The van der Waals surface area contributed by atoms with Gasteiger partial charge in [0.2, 0.25) is 0 Å². The SMILES string of the molecule is Cc1cc(CC(=O)c2ccccc2)n2ncnc2n1. The van der Waals surface area contributed by atoms with E-state index in [-0.39, 0.29) is 12.2 Å². The predicted octanol–water partition coefficient (Wildman–Crippen LogP) is 1.86. The summed E-state index contributed by atoms with van der Waals surface area (Å²) in [5, 5.41) is 4.10. The predicted molar refractivity (Wildman–Crippen MR) is 70.0 cm³/mol. The minimum Gasteiger partial charge on any atom is -0.294 e. The lowest BCUT2D eigenvalue weighted by Crippen LogP contribution is -2.09. The van der Waals surface area contributed by atoms with Gasteiger partial charge in [-0.05, 0) is 13.0 Å². The number of nitrogens with zero attached hydrogens (tertiary/aromatic N) is 4. The Hall–Kier alpha value is -2.56. The first-order valence-electron chi connectivity index (χ1n) is 5.98. The molecule has 2 aromatic heterocycles. The third kappa shape index (κ3) is 2.22. The van der Waals surface area contributed by atoms with Crippen LogP contribution in [-0.2, 0) is 6.42 Å². The maximum atomic E-state index is 12.2. The first kappa shape index (κ1) is 11.5. The number of ketones is 1. The average molecular weight is 252 g/mol. The van der Waals surface area contributed by atoms with Crippen LogP contribution in [0.5, 0.6) is 0 Å². The average Bonchev–Trinajstić information content (AvgIpc) is 2.88. The number of aromatic nitrogens is 4. The summed E-state index contributed by atoms with van der Waals surface area (Å²) in [5.41, 5.74) is 2.33. The summed E-state index contributed by atoms with van der Waals surface area (Å²) < 4.78 is 1.60. The number of carbonyl (C=O) groups is 1. The van der Waals surface area contributed by atoms with Gasteiger partial charge in [0.05, 0.1) is 12.1 Å². The number of carbonyl (C=O) groups excluding carboxylic acids is 1. The van der Waals surface area contributed by atoms with E-state index in [1.807, 2.05) is 43.3 Å². The van der Waals surface area contributed by atoms with Gasteiger partial charge in [0.1, 0.15) is 6.33 Å². The Bertz CT molecular complexity index is 734. The Morgan fingerprint density at radius 3 is 2.84 bits per heavy atom. The molecule has 0 saturated carbocycles. The molecule has 0 aliphatic carbocycles. The van der Waals surface area contributed by atoms with Crippen LogP contribution in [0, 0.1) is 6.92 Å². The molecule has 5 heteroatoms. The van der Waals surface area contributed by atoms with Gasteiger partial charge in [-0.3, -0.25) is 4.79 Å². The summed E-state index contributed by atoms with van der Waals surface area (Å²) in [6.45, 7) is 1.88. The van der Waals surface area contributed by atoms with E-state index in [2.05, 4.69) is 15.1 Å². The van der Waals surface area contributed by atoms with Crippen LogP contribution in [0.25, 0.3) is 5.78 Å². The first-order chi connectivity index (χ1) is 9.24. The second-order valence-corrected chi connectivity index (χ2v) is 4.33. The number of benzene rings is 1. The molecule has 2 heterocycles. The van der Waals surface area contributed by atoms with Gasteiger partial charge in [0.25, 0.3) is 5.78 Å². The summed E-state index contributed by atoms with van der Waals surface area (Å²) in [7, 11) is 0. The minimum atomic E-state index is 0.0583. The van der Waals surface area contributed by atoms with Crippen molar-refractivity contribution >= 4 is 11.6 Å². The molecule has 0 unspecified atom stereocenters. The molecule has 0 spiro atoms. The van der Waals surface area contributed by atoms with Crippen LogP contribution in [0.3, 0.4) is 0 Å². The molecule has 0 saturated heterocycles. The van der Waals surface area contributed by atoms with Crippen molar-refractivity contribution in [3.63, 3.8) is 0 Å². The molecule has 3 aromatic rings. The Labute approximate surface area is 109 Å². The molecule has 0 amide bonds. The van der Waals surface area contributed by atoms with Crippen LogP contribution in [0.15, 0.2) is 42.7 Å². The maximum absolute atomic E-state index is 12.2. The Morgan fingerprint density at radius 2 is 2.05 bits per heavy atom. The number of hydrogen-bond donors (Lipinski definition) is 0. The Balaban J connectivity index is 1.97. The monoisotopic (exact) mass is 252 g/mol. The highest BCUT2D eigenvalue weighted by Crippen LogP contribution is 2.09. The molecule has 0 N–H and O–H groups in total. The zero-order chi connectivity index (χ0) is 13.2. The van der Waals surface area contributed by atoms with Gasteiger partial charge >= 0.3 is 0 Å². The van der Waals surface area contributed by atoms with Gasteiger partial charge in [0.15, 0.2) is 5.78 Å². The van der Waals surface area contributed by atoms with Crippen LogP contribution >= 0.6 is 0 Å². The second kappa shape index (κ2) is 4.61. The van der Waals surface area contributed by atoms with Crippen LogP contribution in [0.2, 0.25) is 0 Å². The third-order valence-electron chi connectivity index (χ3n) is 2.89. The van der Waals surface area contributed by atoms with E-state index in [4.69, 9.17) is 0 Å². The zero-order valence-corrected chi connectivity index (χ0v) is 10.4. The van der Waals surface area contributed by atoms with Crippen molar-refractivity contribution in [2.24, 2.45) is 0 Å². The fourth-order valence-electron chi connectivity index (χ4n) is 2.02. The molecule has 3 rings (SSSR count). The van der Waals surface area contributed by atoms with Crippen molar-refractivity contribution in [2.75, 3.05) is 0 Å². The fourth-order valence-corrected chi connectivity index (χ4v) is 2.02. The lowest BCUT2D eigenvalue weighted by Gasteiger charge is -2.04. The fraction of sp³-hybridized carbons (Fsp3) is 0.143. The number of fused-ring (bicyclic) bond motifs is 1. The molecule has 0 aliphatic heterocycles. The smallest absolute Gasteiger partial charge is 0.252 e. The molecule has 0 atom stereocenters. The Morgan fingerprint density at radius 1 is 1.26 bits per heavy atom. The van der Waals surface area contributed by atoms with Gasteiger partial charge < -0.3 is 0 Å². The minimum absolute atomic E-state index is 0.0583. The van der Waals surface area contributed by atoms with Crippen molar-refractivity contribution < 1.29 is 4.79 Å². The number of hydrogen-bond acceptors (Lipinski definition) is 4. The molecule has 94 valence electrons. The summed E-state index contributed by atoms with van der Waals surface area (Å²) in [4.78, 5) is 20.5. The number of aryl methyl sites for hydroxylation is 1. The van der Waals surface area contributed by atoms with Crippen molar-refractivity contribution in [1.82, 2.24) is 19.6 Å². The first-order valence-corrected chi connectivity index (χ1v) is 5.98. The van der Waals surface area contributed by atoms with Gasteiger partial charge in [-0.2, -0.15) is 10.1 Å².